The molecule has 0 fully saturated rings. The summed E-state index contributed by atoms with van der Waals surface area (Å²) in [5.41, 5.74) is 1.15. The molecule has 0 aromatic heterocycles. The van der Waals surface area contributed by atoms with Gasteiger partial charge in [0.15, 0.2) is 0 Å². The Morgan fingerprint density at radius 2 is 2.08 bits per heavy atom. The zero-order valence-electron chi connectivity index (χ0n) is 6.84. The first kappa shape index (κ1) is 9.09. The smallest absolute Gasteiger partial charge is 0.0247 e. The molecule has 0 heterocycles. The normalized spacial score (nSPS) is 9.50. The van der Waals surface area contributed by atoms with Gasteiger partial charge < -0.3 is 0 Å². The molecule has 1 aromatic rings. The minimum Gasteiger partial charge on any atom is -0.102 e. The van der Waals surface area contributed by atoms with Gasteiger partial charge in [-0.2, -0.15) is 0 Å². The van der Waals surface area contributed by atoms with Crippen LogP contribution in [0.1, 0.15) is 12.5 Å². The van der Waals surface area contributed by atoms with Crippen molar-refractivity contribution in [3.8, 4) is 11.8 Å². The molecule has 0 saturated heterocycles. The van der Waals surface area contributed by atoms with Crippen molar-refractivity contribution >= 4 is 22.0 Å². The Morgan fingerprint density at radius 3 is 2.75 bits per heavy atom. The molecule has 0 saturated carbocycles. The fourth-order valence-electron chi connectivity index (χ4n) is 0.825. The number of halogens is 1. The zero-order chi connectivity index (χ0) is 8.81. The summed E-state index contributed by atoms with van der Waals surface area (Å²) in [4.78, 5) is 0. The highest BCUT2D eigenvalue weighted by atomic mass is 79.9. The van der Waals surface area contributed by atoms with Crippen molar-refractivity contribution in [3.63, 3.8) is 0 Å². The lowest BCUT2D eigenvalue weighted by molar-refractivity contribution is 1.60. The minimum atomic E-state index is 1.10. The number of allylic oxidation sites excluding steroid dienone is 1. The van der Waals surface area contributed by atoms with E-state index >= 15 is 0 Å². The molecule has 1 rings (SSSR count). The summed E-state index contributed by atoms with van der Waals surface area (Å²) in [6.07, 6.45) is 3.83. The van der Waals surface area contributed by atoms with E-state index in [2.05, 4.69) is 27.8 Å². The average molecular weight is 221 g/mol. The van der Waals surface area contributed by atoms with Crippen LogP contribution in [0.2, 0.25) is 0 Å². The molecular weight excluding hydrogens is 212 g/mol. The van der Waals surface area contributed by atoms with Gasteiger partial charge in [-0.05, 0) is 30.7 Å². The highest BCUT2D eigenvalue weighted by molar-refractivity contribution is 9.10. The van der Waals surface area contributed by atoms with Crippen molar-refractivity contribution in [2.45, 2.75) is 6.92 Å². The van der Waals surface area contributed by atoms with Crippen LogP contribution in [-0.4, -0.2) is 0 Å². The van der Waals surface area contributed by atoms with Crippen LogP contribution in [0.3, 0.4) is 0 Å². The summed E-state index contributed by atoms with van der Waals surface area (Å²) < 4.78 is 1.10. The SMILES string of the molecule is CC#C/C=C/c1ccccc1Br. The van der Waals surface area contributed by atoms with Crippen LogP contribution in [0.5, 0.6) is 0 Å². The topological polar surface area (TPSA) is 0 Å². The van der Waals surface area contributed by atoms with Crippen molar-refractivity contribution in [2.24, 2.45) is 0 Å². The molecule has 1 aromatic carbocycles. The van der Waals surface area contributed by atoms with E-state index in [-0.39, 0.29) is 0 Å². The molecule has 1 heteroatoms. The molecule has 60 valence electrons. The average Bonchev–Trinajstić information content (AvgIpc) is 2.09. The molecule has 0 nitrogen and oxygen atoms in total. The van der Waals surface area contributed by atoms with Gasteiger partial charge in [-0.15, -0.1) is 5.92 Å². The zero-order valence-corrected chi connectivity index (χ0v) is 8.43. The fraction of sp³-hybridized carbons (Fsp3) is 0.0909. The van der Waals surface area contributed by atoms with Crippen molar-refractivity contribution in [1.29, 1.82) is 0 Å². The van der Waals surface area contributed by atoms with Crippen LogP contribution < -0.4 is 0 Å². The van der Waals surface area contributed by atoms with Crippen molar-refractivity contribution in [1.82, 2.24) is 0 Å². The molecule has 0 unspecified atom stereocenters. The van der Waals surface area contributed by atoms with Crippen LogP contribution >= 0.6 is 15.9 Å². The molecule has 0 spiro atoms. The van der Waals surface area contributed by atoms with Crippen molar-refractivity contribution in [3.05, 3.63) is 40.4 Å². The van der Waals surface area contributed by atoms with Gasteiger partial charge in [-0.3, -0.25) is 0 Å². The predicted octanol–water partition coefficient (Wildman–Crippen LogP) is 3.49. The minimum absolute atomic E-state index is 1.10. The van der Waals surface area contributed by atoms with E-state index in [9.17, 15) is 0 Å². The second kappa shape index (κ2) is 4.79. The van der Waals surface area contributed by atoms with Crippen LogP contribution in [-0.2, 0) is 0 Å². The van der Waals surface area contributed by atoms with Gasteiger partial charge in [-0.25, -0.2) is 0 Å². The maximum absolute atomic E-state index is 3.45. The van der Waals surface area contributed by atoms with Crippen LogP contribution in [0.4, 0.5) is 0 Å². The Balaban J connectivity index is 2.87. The second-order valence-electron chi connectivity index (χ2n) is 2.25. The molecular formula is C11H9Br. The van der Waals surface area contributed by atoms with E-state index in [0.29, 0.717) is 0 Å². The molecule has 0 bridgehead atoms. The van der Waals surface area contributed by atoms with Crippen LogP contribution in [0, 0.1) is 11.8 Å². The van der Waals surface area contributed by atoms with Crippen LogP contribution in [0.15, 0.2) is 34.8 Å². The molecule has 0 aliphatic heterocycles. The summed E-state index contributed by atoms with van der Waals surface area (Å²) in [5.74, 6) is 5.68. The van der Waals surface area contributed by atoms with Gasteiger partial charge in [0.05, 0.1) is 0 Å². The quantitative estimate of drug-likeness (QED) is 0.637. The Hall–Kier alpha value is -1.00. The van der Waals surface area contributed by atoms with Gasteiger partial charge in [0.2, 0.25) is 0 Å². The third-order valence-corrected chi connectivity index (χ3v) is 2.12. The van der Waals surface area contributed by atoms with E-state index in [0.717, 1.165) is 10.0 Å². The lowest BCUT2D eigenvalue weighted by atomic mass is 10.2. The Labute approximate surface area is 81.4 Å². The predicted molar refractivity (Wildman–Crippen MR) is 56.6 cm³/mol. The molecule has 0 N–H and O–H groups in total. The monoisotopic (exact) mass is 220 g/mol. The van der Waals surface area contributed by atoms with Crippen molar-refractivity contribution < 1.29 is 0 Å². The summed E-state index contributed by atoms with van der Waals surface area (Å²) >= 11 is 3.45. The van der Waals surface area contributed by atoms with Gasteiger partial charge in [0.25, 0.3) is 0 Å². The molecule has 0 radical (unpaired) electrons. The van der Waals surface area contributed by atoms with E-state index < -0.39 is 0 Å². The van der Waals surface area contributed by atoms with E-state index in [1.165, 1.54) is 0 Å². The first-order valence-corrected chi connectivity index (χ1v) is 4.47. The second-order valence-corrected chi connectivity index (χ2v) is 3.10. The number of hydrogen-bond donors (Lipinski definition) is 0. The van der Waals surface area contributed by atoms with Gasteiger partial charge in [0.1, 0.15) is 0 Å². The highest BCUT2D eigenvalue weighted by Gasteiger charge is 1.90. The summed E-state index contributed by atoms with van der Waals surface area (Å²) in [5, 5.41) is 0. The first-order valence-electron chi connectivity index (χ1n) is 3.68. The third kappa shape index (κ3) is 2.56. The Kier molecular flexibility index (Phi) is 3.63. The van der Waals surface area contributed by atoms with Gasteiger partial charge in [0, 0.05) is 4.47 Å². The number of rotatable bonds is 1. The lowest BCUT2D eigenvalue weighted by Crippen LogP contribution is -1.71. The summed E-state index contributed by atoms with van der Waals surface area (Å²) in [6, 6.07) is 8.05. The maximum Gasteiger partial charge on any atom is 0.0247 e. The van der Waals surface area contributed by atoms with E-state index in [4.69, 9.17) is 0 Å². The van der Waals surface area contributed by atoms with E-state index in [1.807, 2.05) is 43.3 Å². The van der Waals surface area contributed by atoms with E-state index in [1.54, 1.807) is 0 Å². The maximum atomic E-state index is 3.45. The molecule has 0 aliphatic carbocycles. The standard InChI is InChI=1S/C11H9Br/c1-2-3-4-7-10-8-5-6-9-11(10)12/h4-9H,1H3/b7-4+. The summed E-state index contributed by atoms with van der Waals surface area (Å²) in [7, 11) is 0. The summed E-state index contributed by atoms with van der Waals surface area (Å²) in [6.45, 7) is 1.82. The number of hydrogen-bond acceptors (Lipinski definition) is 0. The molecule has 0 aliphatic rings. The van der Waals surface area contributed by atoms with Crippen LogP contribution in [0.25, 0.3) is 6.08 Å². The molecule has 0 amide bonds. The van der Waals surface area contributed by atoms with Gasteiger partial charge >= 0.3 is 0 Å². The first-order chi connectivity index (χ1) is 5.84. The molecule has 12 heavy (non-hydrogen) atoms. The lowest BCUT2D eigenvalue weighted by Gasteiger charge is -1.94. The molecule has 0 atom stereocenters. The number of benzene rings is 1. The van der Waals surface area contributed by atoms with Crippen molar-refractivity contribution in [2.75, 3.05) is 0 Å². The van der Waals surface area contributed by atoms with Gasteiger partial charge in [-0.1, -0.05) is 40.0 Å². The largest absolute Gasteiger partial charge is 0.102 e. The Morgan fingerprint density at radius 1 is 1.33 bits per heavy atom. The third-order valence-electron chi connectivity index (χ3n) is 1.40. The Bertz CT molecular complexity index is 340. The highest BCUT2D eigenvalue weighted by Crippen LogP contribution is 2.16. The fourth-order valence-corrected chi connectivity index (χ4v) is 1.24.